The number of carbonyl (C=O) groups is 1. The van der Waals surface area contributed by atoms with Gasteiger partial charge in [0.15, 0.2) is 0 Å². The summed E-state index contributed by atoms with van der Waals surface area (Å²) in [5.74, 6) is -0.393. The fraction of sp³-hybridized carbons (Fsp3) is 0.562. The lowest BCUT2D eigenvalue weighted by molar-refractivity contribution is -0.159. The molecule has 1 atom stereocenters. The third kappa shape index (κ3) is 2.97. The SMILES string of the molecule is CN(C1Cc2ccccc2C1)C1CCN(CC(F)(F)F)C1=O. The molecule has 1 unspecified atom stereocenters. The van der Waals surface area contributed by atoms with Crippen LogP contribution in [-0.2, 0) is 17.6 Å². The average Bonchev–Trinajstić information content (AvgIpc) is 3.01. The van der Waals surface area contributed by atoms with Crippen molar-refractivity contribution in [1.29, 1.82) is 0 Å². The minimum absolute atomic E-state index is 0.188. The second kappa shape index (κ2) is 5.57. The molecule has 22 heavy (non-hydrogen) atoms. The zero-order valence-electron chi connectivity index (χ0n) is 12.4. The Labute approximate surface area is 127 Å². The van der Waals surface area contributed by atoms with Crippen LogP contribution in [0.3, 0.4) is 0 Å². The first-order chi connectivity index (χ1) is 10.3. The Bertz CT molecular complexity index is 548. The maximum Gasteiger partial charge on any atom is 0.406 e. The molecular formula is C16H19F3N2O. The van der Waals surface area contributed by atoms with Crippen LogP contribution in [0.25, 0.3) is 0 Å². The molecule has 6 heteroatoms. The number of likely N-dealkylation sites (N-methyl/N-ethyl adjacent to an activating group) is 1. The molecule has 2 aliphatic rings. The highest BCUT2D eigenvalue weighted by molar-refractivity contribution is 5.84. The number of likely N-dealkylation sites (tertiary alicyclic amines) is 1. The van der Waals surface area contributed by atoms with Crippen molar-refractivity contribution in [3.8, 4) is 0 Å². The van der Waals surface area contributed by atoms with E-state index in [0.29, 0.717) is 6.42 Å². The third-order valence-electron chi connectivity index (χ3n) is 4.74. The Kier molecular flexibility index (Phi) is 3.89. The number of halogens is 3. The summed E-state index contributed by atoms with van der Waals surface area (Å²) in [4.78, 5) is 15.1. The van der Waals surface area contributed by atoms with Crippen molar-refractivity contribution in [1.82, 2.24) is 9.80 Å². The standard InChI is InChI=1S/C16H19F3N2O/c1-20(13-8-11-4-2-3-5-12(11)9-13)14-6-7-21(15(14)22)10-16(17,18)19/h2-5,13-14H,6-10H2,1H3. The van der Waals surface area contributed by atoms with Crippen molar-refractivity contribution < 1.29 is 18.0 Å². The number of rotatable bonds is 3. The van der Waals surface area contributed by atoms with Crippen molar-refractivity contribution in [2.24, 2.45) is 0 Å². The molecule has 1 aromatic rings. The molecule has 1 heterocycles. The van der Waals surface area contributed by atoms with E-state index in [2.05, 4.69) is 12.1 Å². The molecule has 3 rings (SSSR count). The molecule has 1 saturated heterocycles. The first kappa shape index (κ1) is 15.3. The van der Waals surface area contributed by atoms with Crippen LogP contribution in [0.1, 0.15) is 17.5 Å². The van der Waals surface area contributed by atoms with E-state index in [1.54, 1.807) is 0 Å². The van der Waals surface area contributed by atoms with Gasteiger partial charge in [-0.05, 0) is 37.4 Å². The number of benzene rings is 1. The van der Waals surface area contributed by atoms with Gasteiger partial charge in [-0.2, -0.15) is 13.2 Å². The molecule has 0 spiro atoms. The van der Waals surface area contributed by atoms with Gasteiger partial charge in [-0.1, -0.05) is 24.3 Å². The first-order valence-corrected chi connectivity index (χ1v) is 7.49. The number of carbonyl (C=O) groups excluding carboxylic acids is 1. The van der Waals surface area contributed by atoms with Crippen LogP contribution in [0.4, 0.5) is 13.2 Å². The summed E-state index contributed by atoms with van der Waals surface area (Å²) >= 11 is 0. The van der Waals surface area contributed by atoms with E-state index >= 15 is 0 Å². The minimum Gasteiger partial charge on any atom is -0.332 e. The Morgan fingerprint density at radius 1 is 1.23 bits per heavy atom. The van der Waals surface area contributed by atoms with E-state index in [4.69, 9.17) is 0 Å². The monoisotopic (exact) mass is 312 g/mol. The molecule has 0 aromatic heterocycles. The largest absolute Gasteiger partial charge is 0.406 e. The highest BCUT2D eigenvalue weighted by Gasteiger charge is 2.42. The Morgan fingerprint density at radius 2 is 1.82 bits per heavy atom. The lowest BCUT2D eigenvalue weighted by atomic mass is 10.1. The van der Waals surface area contributed by atoms with E-state index in [1.165, 1.54) is 11.1 Å². The smallest absolute Gasteiger partial charge is 0.332 e. The Morgan fingerprint density at radius 3 is 2.36 bits per heavy atom. The van der Waals surface area contributed by atoms with Gasteiger partial charge < -0.3 is 4.90 Å². The number of hydrogen-bond donors (Lipinski definition) is 0. The first-order valence-electron chi connectivity index (χ1n) is 7.49. The summed E-state index contributed by atoms with van der Waals surface area (Å²) in [6.45, 7) is -0.950. The van der Waals surface area contributed by atoms with Crippen molar-refractivity contribution >= 4 is 5.91 Å². The summed E-state index contributed by atoms with van der Waals surface area (Å²) in [5.41, 5.74) is 2.55. The normalized spacial score (nSPS) is 22.7. The topological polar surface area (TPSA) is 23.6 Å². The second-order valence-electron chi connectivity index (χ2n) is 6.18. The van der Waals surface area contributed by atoms with Crippen LogP contribution in [0.15, 0.2) is 24.3 Å². The molecule has 120 valence electrons. The van der Waals surface area contributed by atoms with Crippen LogP contribution < -0.4 is 0 Å². The molecule has 0 N–H and O–H groups in total. The molecule has 0 saturated carbocycles. The molecule has 3 nitrogen and oxygen atoms in total. The van der Waals surface area contributed by atoms with E-state index in [9.17, 15) is 18.0 Å². The van der Waals surface area contributed by atoms with E-state index in [-0.39, 0.29) is 12.6 Å². The summed E-state index contributed by atoms with van der Waals surface area (Å²) in [6, 6.07) is 7.91. The number of amides is 1. The second-order valence-corrected chi connectivity index (χ2v) is 6.18. The van der Waals surface area contributed by atoms with Crippen molar-refractivity contribution in [3.05, 3.63) is 35.4 Å². The number of alkyl halides is 3. The summed E-state index contributed by atoms with van der Waals surface area (Å²) in [7, 11) is 1.86. The van der Waals surface area contributed by atoms with Crippen LogP contribution in [-0.4, -0.2) is 54.1 Å². The highest BCUT2D eigenvalue weighted by atomic mass is 19.4. The zero-order chi connectivity index (χ0) is 15.9. The lowest BCUT2D eigenvalue weighted by Gasteiger charge is -2.29. The predicted molar refractivity (Wildman–Crippen MR) is 76.4 cm³/mol. The minimum atomic E-state index is -4.33. The van der Waals surface area contributed by atoms with Gasteiger partial charge in [0.25, 0.3) is 0 Å². The molecular weight excluding hydrogens is 293 g/mol. The van der Waals surface area contributed by atoms with Crippen LogP contribution in [0.2, 0.25) is 0 Å². The van der Waals surface area contributed by atoms with Gasteiger partial charge in [-0.25, -0.2) is 0 Å². The quantitative estimate of drug-likeness (QED) is 0.855. The highest BCUT2D eigenvalue weighted by Crippen LogP contribution is 2.29. The maximum atomic E-state index is 12.5. The van der Waals surface area contributed by atoms with Gasteiger partial charge in [-0.15, -0.1) is 0 Å². The van der Waals surface area contributed by atoms with Crippen molar-refractivity contribution in [2.75, 3.05) is 20.1 Å². The van der Waals surface area contributed by atoms with Crippen molar-refractivity contribution in [3.63, 3.8) is 0 Å². The molecule has 0 radical (unpaired) electrons. The maximum absolute atomic E-state index is 12.5. The van der Waals surface area contributed by atoms with Gasteiger partial charge in [0.2, 0.25) is 5.91 Å². The molecule has 1 aromatic carbocycles. The third-order valence-corrected chi connectivity index (χ3v) is 4.74. The zero-order valence-corrected chi connectivity index (χ0v) is 12.4. The molecule has 0 bridgehead atoms. The van der Waals surface area contributed by atoms with Gasteiger partial charge >= 0.3 is 6.18 Å². The number of hydrogen-bond acceptors (Lipinski definition) is 2. The van der Waals surface area contributed by atoms with Crippen LogP contribution in [0, 0.1) is 0 Å². The van der Waals surface area contributed by atoms with Gasteiger partial charge in [0.1, 0.15) is 6.54 Å². The van der Waals surface area contributed by atoms with Crippen LogP contribution in [0.5, 0.6) is 0 Å². The predicted octanol–water partition coefficient (Wildman–Crippen LogP) is 2.25. The molecule has 1 fully saturated rings. The number of nitrogens with zero attached hydrogens (tertiary/aromatic N) is 2. The molecule has 1 aliphatic carbocycles. The molecule has 1 aliphatic heterocycles. The van der Waals surface area contributed by atoms with Gasteiger partial charge in [0, 0.05) is 12.6 Å². The van der Waals surface area contributed by atoms with Crippen LogP contribution >= 0.6 is 0 Å². The fourth-order valence-corrected chi connectivity index (χ4v) is 3.55. The Hall–Kier alpha value is -1.56. The fourth-order valence-electron chi connectivity index (χ4n) is 3.55. The lowest BCUT2D eigenvalue weighted by Crippen LogP contribution is -2.46. The van der Waals surface area contributed by atoms with E-state index in [0.717, 1.165) is 17.7 Å². The van der Waals surface area contributed by atoms with Gasteiger partial charge in [0.05, 0.1) is 6.04 Å². The summed E-state index contributed by atoms with van der Waals surface area (Å²) < 4.78 is 37.4. The Balaban J connectivity index is 1.65. The summed E-state index contributed by atoms with van der Waals surface area (Å²) in [6.07, 6.45) is -2.14. The van der Waals surface area contributed by atoms with Crippen molar-refractivity contribution in [2.45, 2.75) is 37.5 Å². The number of fused-ring (bicyclic) bond motifs is 1. The van der Waals surface area contributed by atoms with E-state index < -0.39 is 24.7 Å². The van der Waals surface area contributed by atoms with E-state index in [1.807, 2.05) is 24.1 Å². The molecule has 1 amide bonds. The van der Waals surface area contributed by atoms with Gasteiger partial charge in [-0.3, -0.25) is 9.69 Å². The summed E-state index contributed by atoms with van der Waals surface area (Å²) in [5, 5.41) is 0. The average molecular weight is 312 g/mol.